The molecule has 3 rings (SSSR count). The molecule has 0 radical (unpaired) electrons. The molecular formula is C16H20N6O4. The highest BCUT2D eigenvalue weighted by atomic mass is 16.5. The molecule has 10 heteroatoms. The lowest BCUT2D eigenvalue weighted by Gasteiger charge is -2.26. The number of methoxy groups -OCH3 is 2. The zero-order valence-electron chi connectivity index (χ0n) is 14.6. The number of hydrogen-bond donors (Lipinski definition) is 1. The van der Waals surface area contributed by atoms with Crippen molar-refractivity contribution in [1.29, 1.82) is 0 Å². The smallest absolute Gasteiger partial charge is 0.321 e. The lowest BCUT2D eigenvalue weighted by molar-refractivity contribution is 0.0946. The molecular weight excluding hydrogens is 340 g/mol. The minimum atomic E-state index is -0.331. The third-order valence-corrected chi connectivity index (χ3v) is 3.74. The van der Waals surface area contributed by atoms with Gasteiger partial charge in [-0.25, -0.2) is 4.98 Å². The van der Waals surface area contributed by atoms with E-state index < -0.39 is 0 Å². The van der Waals surface area contributed by atoms with Gasteiger partial charge >= 0.3 is 6.01 Å². The monoisotopic (exact) mass is 360 g/mol. The molecule has 0 bridgehead atoms. The van der Waals surface area contributed by atoms with Crippen molar-refractivity contribution < 1.29 is 19.0 Å². The van der Waals surface area contributed by atoms with Crippen molar-refractivity contribution in [3.8, 4) is 11.9 Å². The SMILES string of the molecule is COc1nc(CNC(=O)c2cccnc2OC)nc(N2CCOCC2)n1. The van der Waals surface area contributed by atoms with E-state index in [0.717, 1.165) is 0 Å². The fraction of sp³-hybridized carbons (Fsp3) is 0.438. The standard InChI is InChI=1S/C16H20N6O4/c1-24-14-11(4-3-5-17-14)13(23)18-10-12-19-15(21-16(20-12)25-2)22-6-8-26-9-7-22/h3-5H,6-10H2,1-2H3,(H,18,23). The molecule has 0 spiro atoms. The average molecular weight is 360 g/mol. The number of anilines is 1. The van der Waals surface area contributed by atoms with Gasteiger partial charge in [-0.1, -0.05) is 0 Å². The Morgan fingerprint density at radius 3 is 2.77 bits per heavy atom. The first kappa shape index (κ1) is 17.8. The largest absolute Gasteiger partial charge is 0.480 e. The molecule has 1 N–H and O–H groups in total. The quantitative estimate of drug-likeness (QED) is 0.763. The Bertz CT molecular complexity index is 766. The van der Waals surface area contributed by atoms with Crippen LogP contribution in [0.15, 0.2) is 18.3 Å². The predicted octanol–water partition coefficient (Wildman–Crippen LogP) is 0.0504. The van der Waals surface area contributed by atoms with Gasteiger partial charge in [-0.3, -0.25) is 4.79 Å². The van der Waals surface area contributed by atoms with Crippen LogP contribution in [-0.4, -0.2) is 66.4 Å². The summed E-state index contributed by atoms with van der Waals surface area (Å²) < 4.78 is 15.6. The van der Waals surface area contributed by atoms with E-state index >= 15 is 0 Å². The number of morpholine rings is 1. The van der Waals surface area contributed by atoms with E-state index in [0.29, 0.717) is 43.6 Å². The molecule has 0 saturated carbocycles. The highest BCUT2D eigenvalue weighted by Crippen LogP contribution is 2.15. The topological polar surface area (TPSA) is 112 Å². The van der Waals surface area contributed by atoms with Crippen LogP contribution in [0.25, 0.3) is 0 Å². The average Bonchev–Trinajstić information content (AvgIpc) is 2.72. The van der Waals surface area contributed by atoms with Crippen molar-refractivity contribution in [2.45, 2.75) is 6.54 Å². The number of carbonyl (C=O) groups is 1. The van der Waals surface area contributed by atoms with Gasteiger partial charge in [-0.05, 0) is 12.1 Å². The molecule has 3 heterocycles. The minimum absolute atomic E-state index is 0.118. The Hall–Kier alpha value is -3.01. The molecule has 1 aliphatic heterocycles. The van der Waals surface area contributed by atoms with E-state index in [2.05, 4.69) is 25.3 Å². The maximum absolute atomic E-state index is 12.4. The fourth-order valence-electron chi connectivity index (χ4n) is 2.44. The van der Waals surface area contributed by atoms with Crippen LogP contribution in [0.5, 0.6) is 11.9 Å². The molecule has 138 valence electrons. The van der Waals surface area contributed by atoms with E-state index in [4.69, 9.17) is 14.2 Å². The number of ether oxygens (including phenoxy) is 3. The lowest BCUT2D eigenvalue weighted by atomic mass is 10.2. The van der Waals surface area contributed by atoms with Crippen LogP contribution in [0.4, 0.5) is 5.95 Å². The third kappa shape index (κ3) is 4.14. The van der Waals surface area contributed by atoms with Gasteiger partial charge in [0, 0.05) is 19.3 Å². The molecule has 1 fully saturated rings. The van der Waals surface area contributed by atoms with Crippen molar-refractivity contribution in [2.75, 3.05) is 45.4 Å². The number of nitrogens with zero attached hydrogens (tertiary/aromatic N) is 5. The first-order valence-corrected chi connectivity index (χ1v) is 8.10. The minimum Gasteiger partial charge on any atom is -0.480 e. The molecule has 0 aromatic carbocycles. The summed E-state index contributed by atoms with van der Waals surface area (Å²) in [6.07, 6.45) is 1.56. The number of nitrogens with one attached hydrogen (secondary N) is 1. The number of amides is 1. The van der Waals surface area contributed by atoms with Gasteiger partial charge in [-0.15, -0.1) is 0 Å². The van der Waals surface area contributed by atoms with Gasteiger partial charge in [0.25, 0.3) is 5.91 Å². The number of aromatic nitrogens is 4. The van der Waals surface area contributed by atoms with Crippen molar-refractivity contribution in [3.05, 3.63) is 29.7 Å². The summed E-state index contributed by atoms with van der Waals surface area (Å²) in [6.45, 7) is 2.71. The Balaban J connectivity index is 1.73. The van der Waals surface area contributed by atoms with Gasteiger partial charge < -0.3 is 24.4 Å². The number of carbonyl (C=O) groups excluding carboxylic acids is 1. The van der Waals surface area contributed by atoms with Gasteiger partial charge in [0.1, 0.15) is 5.56 Å². The summed E-state index contributed by atoms with van der Waals surface area (Å²) in [5, 5.41) is 2.76. The normalized spacial score (nSPS) is 14.0. The third-order valence-electron chi connectivity index (χ3n) is 3.74. The summed E-state index contributed by atoms with van der Waals surface area (Å²) in [4.78, 5) is 31.3. The van der Waals surface area contributed by atoms with Crippen LogP contribution in [-0.2, 0) is 11.3 Å². The number of rotatable bonds is 6. The van der Waals surface area contributed by atoms with E-state index in [1.165, 1.54) is 14.2 Å². The highest BCUT2D eigenvalue weighted by molar-refractivity contribution is 5.96. The van der Waals surface area contributed by atoms with Crippen molar-refractivity contribution in [1.82, 2.24) is 25.3 Å². The Morgan fingerprint density at radius 2 is 2.04 bits per heavy atom. The van der Waals surface area contributed by atoms with Crippen LogP contribution in [0.3, 0.4) is 0 Å². The van der Waals surface area contributed by atoms with Crippen LogP contribution in [0.1, 0.15) is 16.2 Å². The van der Waals surface area contributed by atoms with Gasteiger partial charge in [-0.2, -0.15) is 15.0 Å². The second-order valence-corrected chi connectivity index (χ2v) is 5.38. The molecule has 0 aliphatic carbocycles. The van der Waals surface area contributed by atoms with E-state index in [-0.39, 0.29) is 24.3 Å². The van der Waals surface area contributed by atoms with Gasteiger partial charge in [0.15, 0.2) is 5.82 Å². The second-order valence-electron chi connectivity index (χ2n) is 5.38. The van der Waals surface area contributed by atoms with Crippen LogP contribution in [0.2, 0.25) is 0 Å². The molecule has 0 atom stereocenters. The fourth-order valence-corrected chi connectivity index (χ4v) is 2.44. The second kappa shape index (κ2) is 8.39. The summed E-state index contributed by atoms with van der Waals surface area (Å²) in [6, 6.07) is 3.50. The first-order valence-electron chi connectivity index (χ1n) is 8.10. The molecule has 26 heavy (non-hydrogen) atoms. The van der Waals surface area contributed by atoms with Crippen molar-refractivity contribution >= 4 is 11.9 Å². The molecule has 10 nitrogen and oxygen atoms in total. The maximum atomic E-state index is 12.4. The van der Waals surface area contributed by atoms with E-state index in [9.17, 15) is 4.79 Å². The molecule has 0 unspecified atom stereocenters. The van der Waals surface area contributed by atoms with Crippen LogP contribution in [0, 0.1) is 0 Å². The summed E-state index contributed by atoms with van der Waals surface area (Å²) >= 11 is 0. The number of pyridine rings is 1. The zero-order chi connectivity index (χ0) is 18.4. The summed E-state index contributed by atoms with van der Waals surface area (Å²) in [5.74, 6) is 0.826. The summed E-state index contributed by atoms with van der Waals surface area (Å²) in [5.41, 5.74) is 0.337. The predicted molar refractivity (Wildman–Crippen MR) is 91.4 cm³/mol. The van der Waals surface area contributed by atoms with Crippen LogP contribution >= 0.6 is 0 Å². The highest BCUT2D eigenvalue weighted by Gasteiger charge is 2.18. The maximum Gasteiger partial charge on any atom is 0.321 e. The number of hydrogen-bond acceptors (Lipinski definition) is 9. The molecule has 2 aromatic heterocycles. The van der Waals surface area contributed by atoms with Crippen LogP contribution < -0.4 is 19.7 Å². The van der Waals surface area contributed by atoms with Gasteiger partial charge in [0.2, 0.25) is 11.8 Å². The first-order chi connectivity index (χ1) is 12.7. The Labute approximate surface area is 150 Å². The van der Waals surface area contributed by atoms with E-state index in [1.54, 1.807) is 18.3 Å². The van der Waals surface area contributed by atoms with E-state index in [1.807, 2.05) is 4.90 Å². The lowest BCUT2D eigenvalue weighted by Crippen LogP contribution is -2.37. The van der Waals surface area contributed by atoms with Crippen molar-refractivity contribution in [3.63, 3.8) is 0 Å². The molecule has 1 amide bonds. The Morgan fingerprint density at radius 1 is 1.23 bits per heavy atom. The van der Waals surface area contributed by atoms with Gasteiger partial charge in [0.05, 0.1) is 34.0 Å². The van der Waals surface area contributed by atoms with Crippen molar-refractivity contribution in [2.24, 2.45) is 0 Å². The molecule has 1 saturated heterocycles. The summed E-state index contributed by atoms with van der Waals surface area (Å²) in [7, 11) is 2.95. The Kier molecular flexibility index (Phi) is 5.74. The zero-order valence-corrected chi connectivity index (χ0v) is 14.6. The molecule has 1 aliphatic rings. The molecule has 2 aromatic rings.